The Morgan fingerprint density at radius 3 is 2.79 bits per heavy atom. The number of piperidine rings is 1. The Balaban J connectivity index is 2.01. The molecule has 6 heteroatoms. The van der Waals surface area contributed by atoms with Gasteiger partial charge < -0.3 is 15.0 Å². The van der Waals surface area contributed by atoms with Gasteiger partial charge in [-0.1, -0.05) is 13.3 Å². The summed E-state index contributed by atoms with van der Waals surface area (Å²) in [5.74, 6) is 0.119. The van der Waals surface area contributed by atoms with Gasteiger partial charge in [0, 0.05) is 36.3 Å². The van der Waals surface area contributed by atoms with Crippen LogP contribution in [0, 0.1) is 19.3 Å². The van der Waals surface area contributed by atoms with Crippen LogP contribution in [0.15, 0.2) is 4.79 Å². The third-order valence-corrected chi connectivity index (χ3v) is 5.17. The Bertz CT molecular complexity index is 611. The molecule has 0 unspecified atom stereocenters. The molecule has 0 aliphatic carbocycles. The van der Waals surface area contributed by atoms with Gasteiger partial charge in [-0.05, 0) is 45.1 Å². The number of carbonyl (C=O) groups is 1. The van der Waals surface area contributed by atoms with Gasteiger partial charge in [0.15, 0.2) is 0 Å². The molecule has 0 saturated carbocycles. The predicted molar refractivity (Wildman–Crippen MR) is 92.9 cm³/mol. The summed E-state index contributed by atoms with van der Waals surface area (Å²) >= 11 is 0. The van der Waals surface area contributed by atoms with Gasteiger partial charge in [-0.15, -0.1) is 0 Å². The lowest BCUT2D eigenvalue weighted by molar-refractivity contribution is -0.135. The molecule has 1 aromatic rings. The number of aromatic nitrogens is 2. The van der Waals surface area contributed by atoms with Crippen molar-refractivity contribution in [1.29, 1.82) is 0 Å². The average Bonchev–Trinajstić information content (AvgIpc) is 2.54. The summed E-state index contributed by atoms with van der Waals surface area (Å²) in [6, 6.07) is 0. The Morgan fingerprint density at radius 2 is 2.17 bits per heavy atom. The first-order valence-electron chi connectivity index (χ1n) is 8.86. The molecule has 134 valence electrons. The Labute approximate surface area is 143 Å². The molecule has 2 N–H and O–H groups in total. The molecule has 2 heterocycles. The van der Waals surface area contributed by atoms with Crippen molar-refractivity contribution in [2.45, 2.75) is 59.3 Å². The van der Waals surface area contributed by atoms with E-state index in [1.54, 1.807) is 6.92 Å². The Kier molecular flexibility index (Phi) is 6.15. The van der Waals surface area contributed by atoms with Gasteiger partial charge in [0.05, 0.1) is 6.61 Å². The molecule has 0 spiro atoms. The summed E-state index contributed by atoms with van der Waals surface area (Å²) < 4.78 is 0. The number of aromatic amines is 1. The summed E-state index contributed by atoms with van der Waals surface area (Å²) in [4.78, 5) is 32.5. The number of H-pyrrole nitrogens is 1. The molecule has 1 aliphatic heterocycles. The van der Waals surface area contributed by atoms with Crippen LogP contribution >= 0.6 is 0 Å². The minimum atomic E-state index is -0.344. The molecule has 0 aromatic carbocycles. The minimum Gasteiger partial charge on any atom is -0.396 e. The monoisotopic (exact) mass is 335 g/mol. The smallest absolute Gasteiger partial charge is 0.345 e. The van der Waals surface area contributed by atoms with Crippen LogP contribution < -0.4 is 5.69 Å². The molecule has 1 aromatic heterocycles. The lowest BCUT2D eigenvalue weighted by Crippen LogP contribution is -2.47. The maximum absolute atomic E-state index is 12.6. The number of hydrogen-bond donors (Lipinski definition) is 2. The van der Waals surface area contributed by atoms with E-state index in [-0.39, 0.29) is 23.6 Å². The van der Waals surface area contributed by atoms with E-state index < -0.39 is 0 Å². The van der Waals surface area contributed by atoms with Gasteiger partial charge in [0.1, 0.15) is 0 Å². The van der Waals surface area contributed by atoms with E-state index in [9.17, 15) is 14.7 Å². The van der Waals surface area contributed by atoms with E-state index in [4.69, 9.17) is 0 Å². The second kappa shape index (κ2) is 7.92. The number of likely N-dealkylation sites (tertiary alicyclic amines) is 1. The van der Waals surface area contributed by atoms with Crippen LogP contribution in [-0.2, 0) is 11.2 Å². The maximum atomic E-state index is 12.6. The van der Waals surface area contributed by atoms with E-state index in [0.29, 0.717) is 25.1 Å². The third-order valence-electron chi connectivity index (χ3n) is 5.17. The van der Waals surface area contributed by atoms with Crippen LogP contribution in [0.1, 0.15) is 56.0 Å². The van der Waals surface area contributed by atoms with Crippen LogP contribution in [0.2, 0.25) is 0 Å². The van der Waals surface area contributed by atoms with Gasteiger partial charge in [-0.3, -0.25) is 4.79 Å². The molecule has 1 atom stereocenters. The van der Waals surface area contributed by atoms with E-state index in [1.807, 2.05) is 11.8 Å². The maximum Gasteiger partial charge on any atom is 0.345 e. The van der Waals surface area contributed by atoms with Gasteiger partial charge >= 0.3 is 5.69 Å². The van der Waals surface area contributed by atoms with Crippen LogP contribution in [0.25, 0.3) is 0 Å². The van der Waals surface area contributed by atoms with E-state index >= 15 is 0 Å². The number of rotatable bonds is 6. The Hall–Kier alpha value is -1.69. The molecule has 1 saturated heterocycles. The molecule has 6 nitrogen and oxygen atoms in total. The number of aliphatic hydroxyl groups excluding tert-OH is 1. The summed E-state index contributed by atoms with van der Waals surface area (Å²) in [7, 11) is 0. The standard InChI is InChI=1S/C18H29N3O3/c1-4-8-18(12-22)9-5-10-21(11-18)16(23)7-6-15-13(2)19-17(24)20-14(15)3/h22H,4-12H2,1-3H3,(H,19,20,24)/t18-/m1/s1. The van der Waals surface area contributed by atoms with E-state index in [0.717, 1.165) is 43.5 Å². The van der Waals surface area contributed by atoms with E-state index in [2.05, 4.69) is 16.9 Å². The molecule has 1 fully saturated rings. The van der Waals surface area contributed by atoms with Crippen molar-refractivity contribution in [3.63, 3.8) is 0 Å². The molecule has 1 amide bonds. The zero-order valence-electron chi connectivity index (χ0n) is 15.0. The molecule has 0 bridgehead atoms. The number of nitrogens with zero attached hydrogens (tertiary/aromatic N) is 2. The van der Waals surface area contributed by atoms with Crippen molar-refractivity contribution in [2.24, 2.45) is 5.41 Å². The second-order valence-corrected chi connectivity index (χ2v) is 7.06. The van der Waals surface area contributed by atoms with Gasteiger partial charge in [0.25, 0.3) is 0 Å². The topological polar surface area (TPSA) is 86.3 Å². The van der Waals surface area contributed by atoms with Gasteiger partial charge in [-0.25, -0.2) is 4.79 Å². The molecule has 24 heavy (non-hydrogen) atoms. The zero-order chi connectivity index (χ0) is 17.7. The molecular weight excluding hydrogens is 306 g/mol. The van der Waals surface area contributed by atoms with E-state index in [1.165, 1.54) is 0 Å². The first kappa shape index (κ1) is 18.6. The predicted octanol–water partition coefficient (Wildman–Crippen LogP) is 1.72. The highest BCUT2D eigenvalue weighted by Crippen LogP contribution is 2.34. The fraction of sp³-hybridized carbons (Fsp3) is 0.722. The highest BCUT2D eigenvalue weighted by Gasteiger charge is 2.35. The Morgan fingerprint density at radius 1 is 1.42 bits per heavy atom. The first-order chi connectivity index (χ1) is 11.4. The zero-order valence-corrected chi connectivity index (χ0v) is 15.0. The van der Waals surface area contributed by atoms with Gasteiger partial charge in [-0.2, -0.15) is 4.98 Å². The molecule has 0 radical (unpaired) electrons. The number of aliphatic hydroxyl groups is 1. The lowest BCUT2D eigenvalue weighted by atomic mass is 9.77. The third kappa shape index (κ3) is 4.23. The molecular formula is C18H29N3O3. The number of aryl methyl sites for hydroxylation is 2. The fourth-order valence-electron chi connectivity index (χ4n) is 3.88. The first-order valence-corrected chi connectivity index (χ1v) is 8.86. The van der Waals surface area contributed by atoms with Crippen molar-refractivity contribution in [2.75, 3.05) is 19.7 Å². The van der Waals surface area contributed by atoms with Crippen molar-refractivity contribution < 1.29 is 9.90 Å². The number of carbonyl (C=O) groups excluding carboxylic acids is 1. The van der Waals surface area contributed by atoms with Crippen molar-refractivity contribution in [1.82, 2.24) is 14.9 Å². The molecule has 1 aliphatic rings. The average molecular weight is 335 g/mol. The largest absolute Gasteiger partial charge is 0.396 e. The fourth-order valence-corrected chi connectivity index (χ4v) is 3.88. The van der Waals surface area contributed by atoms with Crippen LogP contribution in [-0.4, -0.2) is 45.6 Å². The van der Waals surface area contributed by atoms with Crippen molar-refractivity contribution in [3.05, 3.63) is 27.4 Å². The summed E-state index contributed by atoms with van der Waals surface area (Å²) in [6.07, 6.45) is 4.90. The van der Waals surface area contributed by atoms with Crippen molar-refractivity contribution in [3.8, 4) is 0 Å². The van der Waals surface area contributed by atoms with Crippen LogP contribution in [0.3, 0.4) is 0 Å². The normalized spacial score (nSPS) is 21.1. The highest BCUT2D eigenvalue weighted by atomic mass is 16.3. The van der Waals surface area contributed by atoms with Crippen LogP contribution in [0.5, 0.6) is 0 Å². The van der Waals surface area contributed by atoms with Crippen molar-refractivity contribution >= 4 is 5.91 Å². The van der Waals surface area contributed by atoms with Crippen LogP contribution in [0.4, 0.5) is 0 Å². The summed E-state index contributed by atoms with van der Waals surface area (Å²) in [5, 5.41) is 9.80. The number of hydrogen-bond acceptors (Lipinski definition) is 4. The number of nitrogens with one attached hydrogen (secondary N) is 1. The summed E-state index contributed by atoms with van der Waals surface area (Å²) in [6.45, 7) is 7.33. The lowest BCUT2D eigenvalue weighted by Gasteiger charge is -2.42. The minimum absolute atomic E-state index is 0.119. The quantitative estimate of drug-likeness (QED) is 0.829. The highest BCUT2D eigenvalue weighted by molar-refractivity contribution is 5.76. The second-order valence-electron chi connectivity index (χ2n) is 7.06. The molecule has 2 rings (SSSR count). The number of amides is 1. The summed E-state index contributed by atoms with van der Waals surface area (Å²) in [5.41, 5.74) is 1.95. The van der Waals surface area contributed by atoms with Gasteiger partial charge in [0.2, 0.25) is 5.91 Å². The SMILES string of the molecule is CCC[C@@]1(CO)CCCN(C(=O)CCc2c(C)nc(=O)[nH]c2C)C1.